The molecule has 1 aromatic heterocycles. The third kappa shape index (κ3) is 3.72. The summed E-state index contributed by atoms with van der Waals surface area (Å²) in [6.07, 6.45) is 0. The zero-order valence-corrected chi connectivity index (χ0v) is 16.2. The SMILES string of the molecule is CCN(CC)S(=O)(=O)c1cc(-c2nnc(-c3ccccc3)o2)ccc1OC. The predicted octanol–water partition coefficient (Wildman–Crippen LogP) is 3.44. The minimum absolute atomic E-state index is 0.0747. The molecule has 2 aromatic carbocycles. The van der Waals surface area contributed by atoms with Crippen LogP contribution in [0.15, 0.2) is 57.8 Å². The van der Waals surface area contributed by atoms with E-state index in [9.17, 15) is 8.42 Å². The van der Waals surface area contributed by atoms with Gasteiger partial charge in [-0.3, -0.25) is 0 Å². The monoisotopic (exact) mass is 387 g/mol. The number of hydrogen-bond acceptors (Lipinski definition) is 6. The lowest BCUT2D eigenvalue weighted by atomic mass is 10.2. The van der Waals surface area contributed by atoms with Gasteiger partial charge in [0, 0.05) is 24.2 Å². The third-order valence-electron chi connectivity index (χ3n) is 4.18. The number of benzene rings is 2. The average Bonchev–Trinajstić information content (AvgIpc) is 3.19. The van der Waals surface area contributed by atoms with Crippen LogP contribution in [-0.4, -0.2) is 43.1 Å². The smallest absolute Gasteiger partial charge is 0.248 e. The first-order chi connectivity index (χ1) is 13.0. The van der Waals surface area contributed by atoms with E-state index < -0.39 is 10.0 Å². The molecule has 3 rings (SSSR count). The molecule has 1 heterocycles. The highest BCUT2D eigenvalue weighted by Crippen LogP contribution is 2.32. The predicted molar refractivity (Wildman–Crippen MR) is 102 cm³/mol. The topological polar surface area (TPSA) is 85.5 Å². The van der Waals surface area contributed by atoms with Crippen LogP contribution < -0.4 is 4.74 Å². The molecule has 0 unspecified atom stereocenters. The van der Waals surface area contributed by atoms with E-state index in [1.54, 1.807) is 26.0 Å². The van der Waals surface area contributed by atoms with Crippen molar-refractivity contribution in [1.82, 2.24) is 14.5 Å². The summed E-state index contributed by atoms with van der Waals surface area (Å²) < 4.78 is 38.3. The number of methoxy groups -OCH3 is 1. The molecule has 0 radical (unpaired) electrons. The minimum Gasteiger partial charge on any atom is -0.495 e. The Hall–Kier alpha value is -2.71. The second-order valence-corrected chi connectivity index (χ2v) is 7.64. The van der Waals surface area contributed by atoms with Crippen molar-refractivity contribution in [3.05, 3.63) is 48.5 Å². The van der Waals surface area contributed by atoms with Gasteiger partial charge in [-0.2, -0.15) is 4.31 Å². The van der Waals surface area contributed by atoms with Crippen LogP contribution in [0.25, 0.3) is 22.9 Å². The van der Waals surface area contributed by atoms with Crippen molar-refractivity contribution in [2.75, 3.05) is 20.2 Å². The molecule has 0 atom stereocenters. The Labute approximate surface area is 158 Å². The summed E-state index contributed by atoms with van der Waals surface area (Å²) in [6.45, 7) is 4.32. The summed E-state index contributed by atoms with van der Waals surface area (Å²) in [5.74, 6) is 0.885. The number of ether oxygens (including phenoxy) is 1. The van der Waals surface area contributed by atoms with Crippen molar-refractivity contribution in [1.29, 1.82) is 0 Å². The van der Waals surface area contributed by atoms with Gasteiger partial charge in [-0.1, -0.05) is 32.0 Å². The molecular formula is C19H21N3O4S. The van der Waals surface area contributed by atoms with Crippen LogP contribution in [-0.2, 0) is 10.0 Å². The molecule has 0 bridgehead atoms. The fraction of sp³-hybridized carbons (Fsp3) is 0.263. The summed E-state index contributed by atoms with van der Waals surface area (Å²) in [6, 6.07) is 14.2. The van der Waals surface area contributed by atoms with E-state index >= 15 is 0 Å². The number of aromatic nitrogens is 2. The van der Waals surface area contributed by atoms with Crippen LogP contribution in [0.4, 0.5) is 0 Å². The zero-order chi connectivity index (χ0) is 19.4. The third-order valence-corrected chi connectivity index (χ3v) is 6.25. The lowest BCUT2D eigenvalue weighted by Gasteiger charge is -2.20. The van der Waals surface area contributed by atoms with Crippen LogP contribution in [0.3, 0.4) is 0 Å². The molecule has 0 N–H and O–H groups in total. The van der Waals surface area contributed by atoms with Gasteiger partial charge >= 0.3 is 0 Å². The summed E-state index contributed by atoms with van der Waals surface area (Å²) in [7, 11) is -2.26. The first-order valence-electron chi connectivity index (χ1n) is 8.58. The molecule has 0 fully saturated rings. The van der Waals surface area contributed by atoms with Gasteiger partial charge < -0.3 is 9.15 Å². The second-order valence-electron chi connectivity index (χ2n) is 5.73. The van der Waals surface area contributed by atoms with Gasteiger partial charge in [-0.15, -0.1) is 10.2 Å². The van der Waals surface area contributed by atoms with Crippen molar-refractivity contribution < 1.29 is 17.6 Å². The quantitative estimate of drug-likeness (QED) is 0.617. The average molecular weight is 387 g/mol. The van der Waals surface area contributed by atoms with Crippen molar-refractivity contribution in [2.24, 2.45) is 0 Å². The molecule has 27 heavy (non-hydrogen) atoms. The fourth-order valence-electron chi connectivity index (χ4n) is 2.75. The molecule has 0 aliphatic rings. The molecule has 8 heteroatoms. The highest BCUT2D eigenvalue weighted by atomic mass is 32.2. The van der Waals surface area contributed by atoms with Crippen molar-refractivity contribution >= 4 is 10.0 Å². The van der Waals surface area contributed by atoms with Crippen molar-refractivity contribution in [2.45, 2.75) is 18.7 Å². The molecule has 0 spiro atoms. The Morgan fingerprint density at radius 1 is 0.963 bits per heavy atom. The number of nitrogens with zero attached hydrogens (tertiary/aromatic N) is 3. The summed E-state index contributed by atoms with van der Waals surface area (Å²) >= 11 is 0. The van der Waals surface area contributed by atoms with E-state index in [4.69, 9.17) is 9.15 Å². The van der Waals surface area contributed by atoms with E-state index in [0.29, 0.717) is 24.5 Å². The van der Waals surface area contributed by atoms with Gasteiger partial charge in [0.25, 0.3) is 0 Å². The molecule has 3 aromatic rings. The van der Waals surface area contributed by atoms with Crippen LogP contribution in [0.5, 0.6) is 5.75 Å². The number of hydrogen-bond donors (Lipinski definition) is 0. The lowest BCUT2D eigenvalue weighted by Crippen LogP contribution is -2.30. The number of sulfonamides is 1. The molecule has 0 saturated heterocycles. The second kappa shape index (κ2) is 7.89. The molecule has 142 valence electrons. The molecule has 0 aliphatic heterocycles. The van der Waals surface area contributed by atoms with Crippen molar-refractivity contribution in [3.63, 3.8) is 0 Å². The molecule has 0 saturated carbocycles. The maximum atomic E-state index is 13.0. The van der Waals surface area contributed by atoms with Gasteiger partial charge in [0.05, 0.1) is 7.11 Å². The van der Waals surface area contributed by atoms with Gasteiger partial charge in [0.15, 0.2) is 0 Å². The van der Waals surface area contributed by atoms with Crippen LogP contribution in [0, 0.1) is 0 Å². The minimum atomic E-state index is -3.70. The summed E-state index contributed by atoms with van der Waals surface area (Å²) in [5, 5.41) is 8.12. The van der Waals surface area contributed by atoms with E-state index in [2.05, 4.69) is 10.2 Å². The highest BCUT2D eigenvalue weighted by molar-refractivity contribution is 7.89. The number of rotatable bonds is 7. The normalized spacial score (nSPS) is 11.7. The zero-order valence-electron chi connectivity index (χ0n) is 15.4. The lowest BCUT2D eigenvalue weighted by molar-refractivity contribution is 0.395. The molecule has 0 amide bonds. The molecule has 0 aliphatic carbocycles. The summed E-state index contributed by atoms with van der Waals surface area (Å²) in [5.41, 5.74) is 1.30. The van der Waals surface area contributed by atoms with E-state index in [-0.39, 0.29) is 16.5 Å². The first-order valence-corrected chi connectivity index (χ1v) is 10.0. The van der Waals surface area contributed by atoms with E-state index in [1.165, 1.54) is 17.5 Å². The Morgan fingerprint density at radius 3 is 2.19 bits per heavy atom. The highest BCUT2D eigenvalue weighted by Gasteiger charge is 2.26. The van der Waals surface area contributed by atoms with E-state index in [0.717, 1.165) is 5.56 Å². The first kappa shape index (κ1) is 19.1. The van der Waals surface area contributed by atoms with Gasteiger partial charge in [-0.05, 0) is 30.3 Å². The Balaban J connectivity index is 2.05. The van der Waals surface area contributed by atoms with Crippen LogP contribution in [0.2, 0.25) is 0 Å². The Morgan fingerprint density at radius 2 is 1.59 bits per heavy atom. The maximum absolute atomic E-state index is 13.0. The summed E-state index contributed by atoms with van der Waals surface area (Å²) in [4.78, 5) is 0.0747. The maximum Gasteiger partial charge on any atom is 0.248 e. The van der Waals surface area contributed by atoms with Crippen LogP contribution in [0.1, 0.15) is 13.8 Å². The molecular weight excluding hydrogens is 366 g/mol. The van der Waals surface area contributed by atoms with E-state index in [1.807, 2.05) is 30.3 Å². The fourth-order valence-corrected chi connectivity index (χ4v) is 4.39. The standard InChI is InChI=1S/C19H21N3O4S/c1-4-22(5-2)27(23,24)17-13-15(11-12-16(17)25-3)19-21-20-18(26-19)14-9-7-6-8-10-14/h6-13H,4-5H2,1-3H3. The van der Waals surface area contributed by atoms with Gasteiger partial charge in [0.1, 0.15) is 10.6 Å². The molecule has 7 nitrogen and oxygen atoms in total. The van der Waals surface area contributed by atoms with Crippen molar-refractivity contribution in [3.8, 4) is 28.7 Å². The largest absolute Gasteiger partial charge is 0.495 e. The Bertz CT molecular complexity index is 1010. The van der Waals surface area contributed by atoms with Crippen LogP contribution >= 0.6 is 0 Å². The Kier molecular flexibility index (Phi) is 5.57. The van der Waals surface area contributed by atoms with Gasteiger partial charge in [-0.25, -0.2) is 8.42 Å². The van der Waals surface area contributed by atoms with Gasteiger partial charge in [0.2, 0.25) is 21.8 Å².